The monoisotopic (exact) mass is 298 g/mol. The Morgan fingerprint density at radius 3 is 2.40 bits per heavy atom. The molecule has 2 nitrogen and oxygen atoms in total. The minimum Gasteiger partial charge on any atom is -0.329 e. The van der Waals surface area contributed by atoms with E-state index >= 15 is 0 Å². The molecule has 1 saturated heterocycles. The predicted molar refractivity (Wildman–Crippen MR) is 91.3 cm³/mol. The molecule has 3 heteroatoms. The maximum atomic E-state index is 6.32. The number of nitrogens with two attached hydrogens (primary N) is 1. The van der Waals surface area contributed by atoms with Crippen LogP contribution in [-0.4, -0.2) is 40.6 Å². The Balaban J connectivity index is 2.15. The van der Waals surface area contributed by atoms with Gasteiger partial charge in [0.2, 0.25) is 0 Å². The van der Waals surface area contributed by atoms with Gasteiger partial charge in [-0.25, -0.2) is 0 Å². The number of rotatable bonds is 2. The lowest BCUT2D eigenvalue weighted by molar-refractivity contribution is -0.0193. The van der Waals surface area contributed by atoms with E-state index in [0.717, 1.165) is 6.54 Å². The molecule has 0 aromatic heterocycles. The van der Waals surface area contributed by atoms with Gasteiger partial charge in [0, 0.05) is 35.7 Å². The van der Waals surface area contributed by atoms with Crippen LogP contribution in [0, 0.1) is 11.3 Å². The van der Waals surface area contributed by atoms with Crippen molar-refractivity contribution in [3.8, 4) is 0 Å². The smallest absolute Gasteiger partial charge is 0.0357 e. The highest BCUT2D eigenvalue weighted by molar-refractivity contribution is 8.00. The van der Waals surface area contributed by atoms with Crippen LogP contribution in [-0.2, 0) is 0 Å². The van der Waals surface area contributed by atoms with Gasteiger partial charge in [0.05, 0.1) is 0 Å². The Labute approximate surface area is 130 Å². The lowest BCUT2D eigenvalue weighted by Gasteiger charge is -2.53. The van der Waals surface area contributed by atoms with Crippen LogP contribution in [0.3, 0.4) is 0 Å². The van der Waals surface area contributed by atoms with Gasteiger partial charge in [0.1, 0.15) is 0 Å². The first-order chi connectivity index (χ1) is 9.21. The minimum absolute atomic E-state index is 0.260. The SMILES string of the molecule is CC1CC(C)(C)CCC1(CN)N1CCSC(C)(C)CC1. The number of thioether (sulfide) groups is 1. The van der Waals surface area contributed by atoms with Crippen molar-refractivity contribution in [2.75, 3.05) is 25.4 Å². The summed E-state index contributed by atoms with van der Waals surface area (Å²) in [5, 5.41) is 0. The summed E-state index contributed by atoms with van der Waals surface area (Å²) in [6.45, 7) is 15.3. The van der Waals surface area contributed by atoms with Crippen LogP contribution in [0.4, 0.5) is 0 Å². The van der Waals surface area contributed by atoms with Crippen LogP contribution >= 0.6 is 11.8 Å². The third-order valence-electron chi connectivity index (χ3n) is 5.83. The van der Waals surface area contributed by atoms with E-state index in [1.165, 1.54) is 44.5 Å². The van der Waals surface area contributed by atoms with Gasteiger partial charge < -0.3 is 5.73 Å². The molecule has 2 rings (SSSR count). The molecule has 1 heterocycles. The van der Waals surface area contributed by atoms with E-state index in [1.807, 2.05) is 0 Å². The van der Waals surface area contributed by atoms with E-state index < -0.39 is 0 Å². The molecule has 2 aliphatic rings. The van der Waals surface area contributed by atoms with Crippen molar-refractivity contribution >= 4 is 11.8 Å². The highest BCUT2D eigenvalue weighted by atomic mass is 32.2. The van der Waals surface area contributed by atoms with Crippen molar-refractivity contribution in [2.24, 2.45) is 17.1 Å². The van der Waals surface area contributed by atoms with Crippen LogP contribution in [0.25, 0.3) is 0 Å². The zero-order chi connectivity index (χ0) is 15.0. The lowest BCUT2D eigenvalue weighted by atomic mass is 9.63. The summed E-state index contributed by atoms with van der Waals surface area (Å²) in [7, 11) is 0. The summed E-state index contributed by atoms with van der Waals surface area (Å²) in [6, 6.07) is 0. The normalized spacial score (nSPS) is 38.4. The number of hydrogen-bond acceptors (Lipinski definition) is 3. The molecule has 2 unspecified atom stereocenters. The zero-order valence-corrected chi connectivity index (χ0v) is 15.0. The van der Waals surface area contributed by atoms with Gasteiger partial charge in [-0.2, -0.15) is 11.8 Å². The molecule has 1 aliphatic heterocycles. The van der Waals surface area contributed by atoms with Gasteiger partial charge >= 0.3 is 0 Å². The van der Waals surface area contributed by atoms with E-state index in [2.05, 4.69) is 51.3 Å². The number of nitrogens with zero attached hydrogens (tertiary/aromatic N) is 1. The Morgan fingerprint density at radius 2 is 1.80 bits per heavy atom. The van der Waals surface area contributed by atoms with E-state index in [0.29, 0.717) is 16.1 Å². The summed E-state index contributed by atoms with van der Waals surface area (Å²) in [4.78, 5) is 2.76. The second-order valence-electron chi connectivity index (χ2n) is 8.42. The van der Waals surface area contributed by atoms with Gasteiger partial charge in [-0.05, 0) is 37.0 Å². The Morgan fingerprint density at radius 1 is 1.10 bits per heavy atom. The molecule has 1 aliphatic carbocycles. The predicted octanol–water partition coefficient (Wildman–Crippen LogP) is 3.75. The summed E-state index contributed by atoms with van der Waals surface area (Å²) in [5.41, 5.74) is 7.08. The molecule has 0 aromatic carbocycles. The Kier molecular flexibility index (Phi) is 4.83. The second-order valence-corrected chi connectivity index (χ2v) is 10.2. The average molecular weight is 299 g/mol. The van der Waals surface area contributed by atoms with E-state index in [4.69, 9.17) is 5.73 Å². The molecule has 0 aromatic rings. The Hall–Kier alpha value is 0.270. The van der Waals surface area contributed by atoms with Crippen molar-refractivity contribution in [1.29, 1.82) is 0 Å². The molecule has 20 heavy (non-hydrogen) atoms. The van der Waals surface area contributed by atoms with Crippen molar-refractivity contribution < 1.29 is 0 Å². The number of hydrogen-bond donors (Lipinski definition) is 1. The molecular formula is C17H34N2S. The van der Waals surface area contributed by atoms with Crippen LogP contribution < -0.4 is 5.73 Å². The maximum absolute atomic E-state index is 6.32. The fourth-order valence-corrected chi connectivity index (χ4v) is 5.39. The summed E-state index contributed by atoms with van der Waals surface area (Å²) < 4.78 is 0.432. The molecule has 0 amide bonds. The standard InChI is InChI=1S/C17H34N2S/c1-14-12-15(2,3)6-7-17(14,13-18)19-9-8-16(4,5)20-11-10-19/h14H,6-13,18H2,1-5H3. The van der Waals surface area contributed by atoms with Crippen molar-refractivity contribution in [3.63, 3.8) is 0 Å². The van der Waals surface area contributed by atoms with Gasteiger partial charge in [-0.3, -0.25) is 4.90 Å². The largest absolute Gasteiger partial charge is 0.329 e. The quantitative estimate of drug-likeness (QED) is 0.842. The van der Waals surface area contributed by atoms with Crippen molar-refractivity contribution in [3.05, 3.63) is 0 Å². The Bertz CT molecular complexity index is 340. The molecule has 0 spiro atoms. The summed E-state index contributed by atoms with van der Waals surface area (Å²) >= 11 is 2.14. The molecule has 118 valence electrons. The van der Waals surface area contributed by atoms with Crippen LogP contribution in [0.1, 0.15) is 60.3 Å². The van der Waals surface area contributed by atoms with Gasteiger partial charge in [0.15, 0.2) is 0 Å². The second kappa shape index (κ2) is 5.81. The van der Waals surface area contributed by atoms with Crippen LogP contribution in [0.5, 0.6) is 0 Å². The first kappa shape index (κ1) is 16.6. The van der Waals surface area contributed by atoms with Gasteiger partial charge in [-0.15, -0.1) is 0 Å². The molecular weight excluding hydrogens is 264 g/mol. The first-order valence-electron chi connectivity index (χ1n) is 8.30. The molecule has 2 N–H and O–H groups in total. The molecule has 0 bridgehead atoms. The fraction of sp³-hybridized carbons (Fsp3) is 1.00. The van der Waals surface area contributed by atoms with Crippen LogP contribution in [0.15, 0.2) is 0 Å². The molecule has 2 fully saturated rings. The zero-order valence-electron chi connectivity index (χ0n) is 14.2. The highest BCUT2D eigenvalue weighted by Gasteiger charge is 2.47. The lowest BCUT2D eigenvalue weighted by Crippen LogP contribution is -2.61. The molecule has 2 atom stereocenters. The maximum Gasteiger partial charge on any atom is 0.0357 e. The topological polar surface area (TPSA) is 29.3 Å². The van der Waals surface area contributed by atoms with E-state index in [-0.39, 0.29) is 5.54 Å². The third kappa shape index (κ3) is 3.36. The average Bonchev–Trinajstić information content (AvgIpc) is 2.51. The van der Waals surface area contributed by atoms with Crippen molar-refractivity contribution in [1.82, 2.24) is 4.90 Å². The third-order valence-corrected chi connectivity index (χ3v) is 7.20. The van der Waals surface area contributed by atoms with Gasteiger partial charge in [0.25, 0.3) is 0 Å². The molecule has 1 saturated carbocycles. The summed E-state index contributed by atoms with van der Waals surface area (Å²) in [6.07, 6.45) is 5.21. The summed E-state index contributed by atoms with van der Waals surface area (Å²) in [5.74, 6) is 1.97. The minimum atomic E-state index is 0.260. The fourth-order valence-electron chi connectivity index (χ4n) is 4.29. The van der Waals surface area contributed by atoms with Gasteiger partial charge in [-0.1, -0.05) is 34.6 Å². The van der Waals surface area contributed by atoms with E-state index in [1.54, 1.807) is 0 Å². The van der Waals surface area contributed by atoms with Crippen molar-refractivity contribution in [2.45, 2.75) is 70.6 Å². The van der Waals surface area contributed by atoms with E-state index in [9.17, 15) is 0 Å². The molecule has 0 radical (unpaired) electrons. The van der Waals surface area contributed by atoms with Crippen LogP contribution in [0.2, 0.25) is 0 Å². The highest BCUT2D eigenvalue weighted by Crippen LogP contribution is 2.47. The first-order valence-corrected chi connectivity index (χ1v) is 9.28.